The first-order chi connectivity index (χ1) is 4.86. The summed E-state index contributed by atoms with van der Waals surface area (Å²) in [5, 5.41) is 0. The Balaban J connectivity index is 2.28. The van der Waals surface area contributed by atoms with E-state index >= 15 is 0 Å². The Morgan fingerprint density at radius 2 is 2.50 bits per heavy atom. The molecule has 10 heavy (non-hydrogen) atoms. The number of allylic oxidation sites excluding steroid dienone is 1. The van der Waals surface area contributed by atoms with Crippen LogP contribution < -0.4 is 0 Å². The molecule has 1 fully saturated rings. The zero-order chi connectivity index (χ0) is 7.40. The lowest BCUT2D eigenvalue weighted by Crippen LogP contribution is -2.12. The zero-order valence-corrected chi connectivity index (χ0v) is 6.67. The molecule has 1 heterocycles. The predicted molar refractivity (Wildman–Crippen MR) is 40.1 cm³/mol. The summed E-state index contributed by atoms with van der Waals surface area (Å²) in [5.74, 6) is 0.508. The van der Waals surface area contributed by atoms with Gasteiger partial charge in [-0.2, -0.15) is 0 Å². The molecule has 0 radical (unpaired) electrons. The molecule has 2 unspecified atom stereocenters. The molecular weight excluding hydrogens is 152 g/mol. The summed E-state index contributed by atoms with van der Waals surface area (Å²) in [6.07, 6.45) is 3.67. The van der Waals surface area contributed by atoms with Crippen molar-refractivity contribution in [1.29, 1.82) is 0 Å². The minimum absolute atomic E-state index is 0.0721. The summed E-state index contributed by atoms with van der Waals surface area (Å²) >= 11 is 5.54. The number of alkyl halides is 1. The van der Waals surface area contributed by atoms with E-state index in [1.165, 1.54) is 0 Å². The molecule has 1 rings (SSSR count). The Kier molecular flexibility index (Phi) is 3.19. The fraction of sp³-hybridized carbons (Fsp3) is 0.714. The second kappa shape index (κ2) is 3.96. The SMILES string of the molecule is C/C=C/C1OCC(CCl)O1. The lowest BCUT2D eigenvalue weighted by Gasteiger charge is -2.03. The maximum Gasteiger partial charge on any atom is 0.177 e. The number of ether oxygens (including phenoxy) is 2. The molecule has 1 aliphatic rings. The highest BCUT2D eigenvalue weighted by atomic mass is 35.5. The van der Waals surface area contributed by atoms with Gasteiger partial charge in [0.2, 0.25) is 0 Å². The zero-order valence-electron chi connectivity index (χ0n) is 5.92. The largest absolute Gasteiger partial charge is 0.346 e. The average Bonchev–Trinajstić information content (AvgIpc) is 2.37. The molecule has 0 aromatic heterocycles. The van der Waals surface area contributed by atoms with Gasteiger partial charge in [0.15, 0.2) is 6.29 Å². The highest BCUT2D eigenvalue weighted by Crippen LogP contribution is 2.13. The maximum absolute atomic E-state index is 5.54. The summed E-state index contributed by atoms with van der Waals surface area (Å²) in [7, 11) is 0. The smallest absolute Gasteiger partial charge is 0.177 e. The van der Waals surface area contributed by atoms with Crippen LogP contribution in [0.25, 0.3) is 0 Å². The first kappa shape index (κ1) is 8.05. The predicted octanol–water partition coefficient (Wildman–Crippen LogP) is 1.54. The summed E-state index contributed by atoms with van der Waals surface area (Å²) < 4.78 is 10.5. The van der Waals surface area contributed by atoms with Crippen molar-refractivity contribution in [2.45, 2.75) is 19.3 Å². The highest BCUT2D eigenvalue weighted by molar-refractivity contribution is 6.18. The van der Waals surface area contributed by atoms with Crippen molar-refractivity contribution in [2.75, 3.05) is 12.5 Å². The third-order valence-corrected chi connectivity index (χ3v) is 1.64. The van der Waals surface area contributed by atoms with Gasteiger partial charge in [-0.25, -0.2) is 0 Å². The molecule has 2 atom stereocenters. The van der Waals surface area contributed by atoms with Gasteiger partial charge < -0.3 is 9.47 Å². The van der Waals surface area contributed by atoms with Gasteiger partial charge in [0, 0.05) is 0 Å². The van der Waals surface area contributed by atoms with Crippen molar-refractivity contribution < 1.29 is 9.47 Å². The van der Waals surface area contributed by atoms with Crippen molar-refractivity contribution in [3.63, 3.8) is 0 Å². The van der Waals surface area contributed by atoms with Crippen LogP contribution in [0.4, 0.5) is 0 Å². The van der Waals surface area contributed by atoms with Crippen LogP contribution in [0.1, 0.15) is 6.92 Å². The normalized spacial score (nSPS) is 33.8. The van der Waals surface area contributed by atoms with Crippen molar-refractivity contribution in [1.82, 2.24) is 0 Å². The third kappa shape index (κ3) is 1.97. The van der Waals surface area contributed by atoms with Crippen LogP contribution in [0, 0.1) is 0 Å². The molecular formula is C7H11ClO2. The molecule has 1 saturated heterocycles. The van der Waals surface area contributed by atoms with Crippen molar-refractivity contribution in [2.24, 2.45) is 0 Å². The minimum atomic E-state index is -0.172. The number of halogens is 1. The molecule has 0 aromatic carbocycles. The summed E-state index contributed by atoms with van der Waals surface area (Å²) in [6, 6.07) is 0. The van der Waals surface area contributed by atoms with Crippen molar-refractivity contribution in [3.05, 3.63) is 12.2 Å². The van der Waals surface area contributed by atoms with E-state index < -0.39 is 0 Å². The lowest BCUT2D eigenvalue weighted by molar-refractivity contribution is -0.0156. The lowest BCUT2D eigenvalue weighted by atomic mass is 10.4. The van der Waals surface area contributed by atoms with Crippen LogP contribution in [0.5, 0.6) is 0 Å². The molecule has 0 amide bonds. The topological polar surface area (TPSA) is 18.5 Å². The van der Waals surface area contributed by atoms with Crippen LogP contribution in [0.3, 0.4) is 0 Å². The Labute approximate surface area is 65.8 Å². The van der Waals surface area contributed by atoms with Gasteiger partial charge in [0.25, 0.3) is 0 Å². The molecule has 1 aliphatic heterocycles. The molecule has 3 heteroatoms. The number of rotatable bonds is 2. The van der Waals surface area contributed by atoms with Gasteiger partial charge in [-0.3, -0.25) is 0 Å². The minimum Gasteiger partial charge on any atom is -0.346 e. The number of hydrogen-bond acceptors (Lipinski definition) is 2. The van der Waals surface area contributed by atoms with Gasteiger partial charge in [-0.1, -0.05) is 6.08 Å². The summed E-state index contributed by atoms with van der Waals surface area (Å²) in [5.41, 5.74) is 0. The molecule has 0 spiro atoms. The first-order valence-electron chi connectivity index (χ1n) is 3.32. The van der Waals surface area contributed by atoms with E-state index in [0.29, 0.717) is 12.5 Å². The second-order valence-corrected chi connectivity index (χ2v) is 2.45. The van der Waals surface area contributed by atoms with E-state index in [-0.39, 0.29) is 12.4 Å². The number of hydrogen-bond donors (Lipinski definition) is 0. The molecule has 0 aliphatic carbocycles. The average molecular weight is 163 g/mol. The van der Waals surface area contributed by atoms with Crippen LogP contribution in [0.15, 0.2) is 12.2 Å². The summed E-state index contributed by atoms with van der Waals surface area (Å²) in [6.45, 7) is 2.54. The molecule has 0 saturated carbocycles. The van der Waals surface area contributed by atoms with E-state index in [2.05, 4.69) is 0 Å². The van der Waals surface area contributed by atoms with Gasteiger partial charge in [-0.15, -0.1) is 11.6 Å². The van der Waals surface area contributed by atoms with Crippen LogP contribution in [-0.2, 0) is 9.47 Å². The quantitative estimate of drug-likeness (QED) is 0.453. The Bertz CT molecular complexity index is 125. The van der Waals surface area contributed by atoms with E-state index in [4.69, 9.17) is 21.1 Å². The Morgan fingerprint density at radius 1 is 1.70 bits per heavy atom. The molecule has 2 nitrogen and oxygen atoms in total. The maximum atomic E-state index is 5.54. The molecule has 0 aromatic rings. The van der Waals surface area contributed by atoms with Crippen molar-refractivity contribution >= 4 is 11.6 Å². The molecule has 0 bridgehead atoms. The molecule has 58 valence electrons. The van der Waals surface area contributed by atoms with Gasteiger partial charge in [0.1, 0.15) is 0 Å². The fourth-order valence-electron chi connectivity index (χ4n) is 0.809. The van der Waals surface area contributed by atoms with Gasteiger partial charge >= 0.3 is 0 Å². The first-order valence-corrected chi connectivity index (χ1v) is 3.86. The van der Waals surface area contributed by atoms with E-state index in [1.54, 1.807) is 0 Å². The summed E-state index contributed by atoms with van der Waals surface area (Å²) in [4.78, 5) is 0. The fourth-order valence-corrected chi connectivity index (χ4v) is 0.971. The van der Waals surface area contributed by atoms with Gasteiger partial charge in [-0.05, 0) is 13.0 Å². The Hall–Kier alpha value is -0.0500. The van der Waals surface area contributed by atoms with E-state index in [9.17, 15) is 0 Å². The third-order valence-electron chi connectivity index (χ3n) is 1.29. The van der Waals surface area contributed by atoms with Crippen molar-refractivity contribution in [3.8, 4) is 0 Å². The monoisotopic (exact) mass is 162 g/mol. The highest BCUT2D eigenvalue weighted by Gasteiger charge is 2.22. The van der Waals surface area contributed by atoms with E-state index in [0.717, 1.165) is 0 Å². The second-order valence-electron chi connectivity index (χ2n) is 2.14. The van der Waals surface area contributed by atoms with E-state index in [1.807, 2.05) is 19.1 Å². The van der Waals surface area contributed by atoms with Gasteiger partial charge in [0.05, 0.1) is 18.6 Å². The van der Waals surface area contributed by atoms with Crippen LogP contribution in [0.2, 0.25) is 0 Å². The Morgan fingerprint density at radius 3 is 3.00 bits per heavy atom. The van der Waals surface area contributed by atoms with Crippen LogP contribution >= 0.6 is 11.6 Å². The van der Waals surface area contributed by atoms with Crippen LogP contribution in [-0.4, -0.2) is 24.9 Å². The molecule has 0 N–H and O–H groups in total. The standard InChI is InChI=1S/C7H11ClO2/c1-2-3-7-9-5-6(4-8)10-7/h2-3,6-7H,4-5H2,1H3/b3-2+.